The summed E-state index contributed by atoms with van der Waals surface area (Å²) in [5.41, 5.74) is 3.24. The molecule has 1 amide bonds. The van der Waals surface area contributed by atoms with Crippen molar-refractivity contribution in [1.29, 1.82) is 0 Å². The molecule has 1 saturated heterocycles. The molecule has 1 heterocycles. The molecular formula is C27H25ClF2N2O3S. The Bertz CT molecular complexity index is 1360. The van der Waals surface area contributed by atoms with Crippen molar-refractivity contribution in [3.8, 4) is 0 Å². The van der Waals surface area contributed by atoms with Crippen LogP contribution in [0.4, 0.5) is 8.78 Å². The number of carbonyl (C=O) groups excluding carboxylic acids is 1. The SMILES string of the molecule is CCNC(=O)c1ccc([C@H](c2ccc(Cl)cc2)N2CC(=CS(=O)(=O)Cc3cc(F)cc(F)c3)C2)cc1. The Morgan fingerprint density at radius 1 is 1.00 bits per heavy atom. The van der Waals surface area contributed by atoms with Crippen LogP contribution in [0, 0.1) is 11.6 Å². The van der Waals surface area contributed by atoms with E-state index in [-0.39, 0.29) is 17.5 Å². The summed E-state index contributed by atoms with van der Waals surface area (Å²) in [6, 6.07) is 17.3. The number of likely N-dealkylation sites (tertiary alicyclic amines) is 1. The number of benzene rings is 3. The fourth-order valence-electron chi connectivity index (χ4n) is 4.29. The van der Waals surface area contributed by atoms with Crippen LogP contribution in [-0.4, -0.2) is 38.9 Å². The molecule has 0 saturated carbocycles. The van der Waals surface area contributed by atoms with Crippen molar-refractivity contribution in [3.05, 3.63) is 117 Å². The van der Waals surface area contributed by atoms with Crippen molar-refractivity contribution in [2.75, 3.05) is 19.6 Å². The predicted molar refractivity (Wildman–Crippen MR) is 136 cm³/mol. The van der Waals surface area contributed by atoms with Crippen molar-refractivity contribution >= 4 is 27.3 Å². The van der Waals surface area contributed by atoms with Crippen molar-refractivity contribution in [3.63, 3.8) is 0 Å². The lowest BCUT2D eigenvalue weighted by molar-refractivity contribution is 0.0955. The van der Waals surface area contributed by atoms with E-state index in [0.717, 1.165) is 23.3 Å². The first kappa shape index (κ1) is 26.0. The van der Waals surface area contributed by atoms with E-state index >= 15 is 0 Å². The molecule has 188 valence electrons. The molecule has 4 rings (SSSR count). The van der Waals surface area contributed by atoms with Gasteiger partial charge in [-0.1, -0.05) is 35.9 Å². The van der Waals surface area contributed by atoms with E-state index < -0.39 is 27.2 Å². The zero-order valence-electron chi connectivity index (χ0n) is 19.5. The number of rotatable bonds is 8. The predicted octanol–water partition coefficient (Wildman–Crippen LogP) is 5.27. The molecular weight excluding hydrogens is 506 g/mol. The molecule has 3 aromatic rings. The lowest BCUT2D eigenvalue weighted by Crippen LogP contribution is -2.43. The average Bonchev–Trinajstić information content (AvgIpc) is 2.78. The molecule has 1 fully saturated rings. The zero-order valence-corrected chi connectivity index (χ0v) is 21.1. The highest BCUT2D eigenvalue weighted by Gasteiger charge is 2.31. The van der Waals surface area contributed by atoms with Gasteiger partial charge in [0, 0.05) is 41.7 Å². The lowest BCUT2D eigenvalue weighted by Gasteiger charge is -2.41. The van der Waals surface area contributed by atoms with E-state index in [1.165, 1.54) is 5.41 Å². The van der Waals surface area contributed by atoms with Gasteiger partial charge in [0.15, 0.2) is 9.84 Å². The van der Waals surface area contributed by atoms with Gasteiger partial charge in [-0.2, -0.15) is 0 Å². The fraction of sp³-hybridized carbons (Fsp3) is 0.222. The highest BCUT2D eigenvalue weighted by Crippen LogP contribution is 2.35. The van der Waals surface area contributed by atoms with Crippen LogP contribution in [0.1, 0.15) is 40.0 Å². The van der Waals surface area contributed by atoms with E-state index in [4.69, 9.17) is 11.6 Å². The van der Waals surface area contributed by atoms with Crippen molar-refractivity contribution < 1.29 is 22.0 Å². The van der Waals surface area contributed by atoms with Gasteiger partial charge in [-0.25, -0.2) is 17.2 Å². The topological polar surface area (TPSA) is 66.5 Å². The van der Waals surface area contributed by atoms with E-state index in [2.05, 4.69) is 10.2 Å². The number of hydrogen-bond donors (Lipinski definition) is 1. The third-order valence-electron chi connectivity index (χ3n) is 5.83. The van der Waals surface area contributed by atoms with Gasteiger partial charge < -0.3 is 5.32 Å². The number of nitrogens with zero attached hydrogens (tertiary/aromatic N) is 1. The van der Waals surface area contributed by atoms with E-state index in [9.17, 15) is 22.0 Å². The summed E-state index contributed by atoms with van der Waals surface area (Å²) in [5, 5.41) is 4.58. The number of nitrogens with one attached hydrogen (secondary N) is 1. The highest BCUT2D eigenvalue weighted by atomic mass is 35.5. The Kier molecular flexibility index (Phi) is 7.88. The average molecular weight is 531 g/mol. The minimum absolute atomic E-state index is 0.0618. The zero-order chi connectivity index (χ0) is 25.9. The van der Waals surface area contributed by atoms with Gasteiger partial charge in [0.05, 0.1) is 11.8 Å². The second-order valence-electron chi connectivity index (χ2n) is 8.70. The van der Waals surface area contributed by atoms with Crippen LogP contribution in [0.2, 0.25) is 5.02 Å². The number of halogens is 3. The third-order valence-corrected chi connectivity index (χ3v) is 7.51. The Balaban J connectivity index is 1.54. The summed E-state index contributed by atoms with van der Waals surface area (Å²) in [6.45, 7) is 3.20. The van der Waals surface area contributed by atoms with Gasteiger partial charge in [0.1, 0.15) is 11.6 Å². The van der Waals surface area contributed by atoms with Crippen LogP contribution in [0.5, 0.6) is 0 Å². The molecule has 0 unspecified atom stereocenters. The van der Waals surface area contributed by atoms with Gasteiger partial charge in [-0.3, -0.25) is 9.69 Å². The Labute approximate surface area is 214 Å². The second kappa shape index (κ2) is 10.9. The number of amides is 1. The maximum Gasteiger partial charge on any atom is 0.251 e. The molecule has 1 atom stereocenters. The van der Waals surface area contributed by atoms with Gasteiger partial charge in [-0.15, -0.1) is 0 Å². The molecule has 0 bridgehead atoms. The summed E-state index contributed by atoms with van der Waals surface area (Å²) in [4.78, 5) is 14.2. The first-order valence-electron chi connectivity index (χ1n) is 11.4. The normalized spacial score (nSPS) is 14.7. The third kappa shape index (κ3) is 6.37. The van der Waals surface area contributed by atoms with Crippen LogP contribution in [0.25, 0.3) is 0 Å². The second-order valence-corrected chi connectivity index (χ2v) is 11.0. The lowest BCUT2D eigenvalue weighted by atomic mass is 9.92. The molecule has 0 radical (unpaired) electrons. The Hall–Kier alpha value is -3.07. The minimum Gasteiger partial charge on any atom is -0.352 e. The van der Waals surface area contributed by atoms with Crippen molar-refractivity contribution in [1.82, 2.24) is 10.2 Å². The maximum atomic E-state index is 13.5. The summed E-state index contributed by atoms with van der Waals surface area (Å²) >= 11 is 6.08. The summed E-state index contributed by atoms with van der Waals surface area (Å²) < 4.78 is 52.2. The van der Waals surface area contributed by atoms with Crippen LogP contribution < -0.4 is 5.32 Å². The largest absolute Gasteiger partial charge is 0.352 e. The maximum absolute atomic E-state index is 13.5. The van der Waals surface area contributed by atoms with Gasteiger partial charge in [0.25, 0.3) is 5.91 Å². The minimum atomic E-state index is -3.72. The van der Waals surface area contributed by atoms with Gasteiger partial charge >= 0.3 is 0 Å². The smallest absolute Gasteiger partial charge is 0.251 e. The molecule has 0 aliphatic carbocycles. The first-order chi connectivity index (χ1) is 17.1. The van der Waals surface area contributed by atoms with Crippen LogP contribution in [0.3, 0.4) is 0 Å². The molecule has 0 aromatic heterocycles. The van der Waals surface area contributed by atoms with Gasteiger partial charge in [0.2, 0.25) is 0 Å². The summed E-state index contributed by atoms with van der Waals surface area (Å²) in [6.07, 6.45) is 0. The van der Waals surface area contributed by atoms with Crippen LogP contribution >= 0.6 is 11.6 Å². The molecule has 36 heavy (non-hydrogen) atoms. The molecule has 1 aliphatic rings. The number of hydrogen-bond acceptors (Lipinski definition) is 4. The Morgan fingerprint density at radius 3 is 2.11 bits per heavy atom. The monoisotopic (exact) mass is 530 g/mol. The molecule has 5 nitrogen and oxygen atoms in total. The summed E-state index contributed by atoms with van der Waals surface area (Å²) in [7, 11) is -3.72. The molecule has 1 N–H and O–H groups in total. The standard InChI is InChI=1S/C27H25ClF2N2O3S/c1-2-31-27(33)22-5-3-20(4-6-22)26(21-7-9-23(28)10-8-21)32-14-19(15-32)17-36(34,35)16-18-11-24(29)13-25(30)12-18/h3-13,17,26H,2,14-16H2,1H3,(H,31,33)/t26-/m1/s1. The molecule has 1 aliphatic heterocycles. The molecule has 0 spiro atoms. The first-order valence-corrected chi connectivity index (χ1v) is 13.5. The highest BCUT2D eigenvalue weighted by molar-refractivity contribution is 7.93. The number of carbonyl (C=O) groups is 1. The quantitative estimate of drug-likeness (QED) is 0.431. The molecule has 9 heteroatoms. The van der Waals surface area contributed by atoms with Crippen LogP contribution in [-0.2, 0) is 15.6 Å². The van der Waals surface area contributed by atoms with E-state index in [1.807, 2.05) is 31.2 Å². The van der Waals surface area contributed by atoms with E-state index in [1.54, 1.807) is 24.3 Å². The van der Waals surface area contributed by atoms with Crippen molar-refractivity contribution in [2.45, 2.75) is 18.7 Å². The number of sulfone groups is 1. The fourth-order valence-corrected chi connectivity index (χ4v) is 5.79. The van der Waals surface area contributed by atoms with E-state index in [0.29, 0.717) is 41.9 Å². The van der Waals surface area contributed by atoms with Crippen LogP contribution in [0.15, 0.2) is 77.7 Å². The Morgan fingerprint density at radius 2 is 1.56 bits per heavy atom. The summed E-state index contributed by atoms with van der Waals surface area (Å²) in [5.74, 6) is -2.25. The van der Waals surface area contributed by atoms with Crippen molar-refractivity contribution in [2.24, 2.45) is 0 Å². The molecule has 3 aromatic carbocycles. The van der Waals surface area contributed by atoms with Gasteiger partial charge in [-0.05, 0) is 65.6 Å².